The molecule has 1 heterocycles. The van der Waals surface area contributed by atoms with E-state index in [-0.39, 0.29) is 35.8 Å². The topological polar surface area (TPSA) is 68.8 Å². The van der Waals surface area contributed by atoms with Gasteiger partial charge in [0.2, 0.25) is 5.91 Å². The number of hydrogen-bond donors (Lipinski definition) is 3. The summed E-state index contributed by atoms with van der Waals surface area (Å²) in [5.74, 6) is 1.30. The predicted octanol–water partition coefficient (Wildman–Crippen LogP) is 1.56. The third kappa shape index (κ3) is 7.55. The van der Waals surface area contributed by atoms with Crippen LogP contribution >= 0.6 is 24.0 Å². The molecular formula is C17H34IN5O. The van der Waals surface area contributed by atoms with Crippen molar-refractivity contribution in [1.82, 2.24) is 20.9 Å². The lowest BCUT2D eigenvalue weighted by Crippen LogP contribution is -2.47. The van der Waals surface area contributed by atoms with Crippen molar-refractivity contribution in [3.63, 3.8) is 0 Å². The molecule has 1 saturated carbocycles. The van der Waals surface area contributed by atoms with E-state index in [0.717, 1.165) is 37.9 Å². The molecule has 0 aromatic carbocycles. The Hall–Kier alpha value is -0.570. The highest BCUT2D eigenvalue weighted by Crippen LogP contribution is 2.28. The lowest BCUT2D eigenvalue weighted by Gasteiger charge is -2.35. The molecule has 2 rings (SSSR count). The van der Waals surface area contributed by atoms with Gasteiger partial charge in [-0.25, -0.2) is 0 Å². The first-order valence-corrected chi connectivity index (χ1v) is 9.21. The van der Waals surface area contributed by atoms with Crippen LogP contribution in [0.3, 0.4) is 0 Å². The van der Waals surface area contributed by atoms with Gasteiger partial charge >= 0.3 is 0 Å². The molecule has 1 atom stereocenters. The number of rotatable bonds is 8. The highest BCUT2D eigenvalue weighted by atomic mass is 127. The summed E-state index contributed by atoms with van der Waals surface area (Å²) in [5.41, 5.74) is 0. The fraction of sp³-hybridized carbons (Fsp3) is 0.882. The Kier molecular flexibility index (Phi) is 10.6. The molecule has 140 valence electrons. The molecule has 1 aliphatic carbocycles. The molecule has 0 aromatic rings. The standard InChI is InChI=1S/C17H33N5O.HI/c1-3-15-6-4-5-12-22(15)13-11-21-17(18-2)20-10-9-19-16(23)14-7-8-14;/h14-15H,3-13H2,1-2H3,(H,19,23)(H2,18,20,21);1H. The zero-order valence-electron chi connectivity index (χ0n) is 15.1. The highest BCUT2D eigenvalue weighted by Gasteiger charge is 2.28. The van der Waals surface area contributed by atoms with Crippen LogP contribution in [0.25, 0.3) is 0 Å². The minimum Gasteiger partial charge on any atom is -0.355 e. The van der Waals surface area contributed by atoms with Gasteiger partial charge in [0, 0.05) is 45.2 Å². The van der Waals surface area contributed by atoms with Crippen molar-refractivity contribution in [3.05, 3.63) is 0 Å². The first-order chi connectivity index (χ1) is 11.2. The third-order valence-electron chi connectivity index (χ3n) is 4.80. The Morgan fingerprint density at radius 3 is 2.46 bits per heavy atom. The van der Waals surface area contributed by atoms with Crippen LogP contribution in [0.15, 0.2) is 4.99 Å². The molecule has 0 spiro atoms. The van der Waals surface area contributed by atoms with Gasteiger partial charge in [-0.05, 0) is 38.6 Å². The Morgan fingerprint density at radius 1 is 1.08 bits per heavy atom. The van der Waals surface area contributed by atoms with Crippen LogP contribution < -0.4 is 16.0 Å². The summed E-state index contributed by atoms with van der Waals surface area (Å²) in [5, 5.41) is 9.57. The predicted molar refractivity (Wildman–Crippen MR) is 110 cm³/mol. The number of carbonyl (C=O) groups is 1. The minimum atomic E-state index is 0. The van der Waals surface area contributed by atoms with Crippen LogP contribution in [-0.4, -0.2) is 62.6 Å². The molecule has 2 aliphatic rings. The van der Waals surface area contributed by atoms with Gasteiger partial charge in [0.25, 0.3) is 0 Å². The number of halogens is 1. The molecule has 0 radical (unpaired) electrons. The van der Waals surface area contributed by atoms with E-state index in [2.05, 4.69) is 32.8 Å². The molecule has 1 aliphatic heterocycles. The summed E-state index contributed by atoms with van der Waals surface area (Å²) in [6, 6.07) is 0.748. The molecule has 1 amide bonds. The molecular weight excluding hydrogens is 417 g/mol. The van der Waals surface area contributed by atoms with Crippen molar-refractivity contribution < 1.29 is 4.79 Å². The number of amides is 1. The smallest absolute Gasteiger partial charge is 0.223 e. The molecule has 1 unspecified atom stereocenters. The second kappa shape index (κ2) is 11.9. The molecule has 3 N–H and O–H groups in total. The summed E-state index contributed by atoms with van der Waals surface area (Å²) in [4.78, 5) is 18.4. The number of guanidine groups is 1. The zero-order chi connectivity index (χ0) is 16.5. The number of hydrogen-bond acceptors (Lipinski definition) is 3. The summed E-state index contributed by atoms with van der Waals surface area (Å²) >= 11 is 0. The van der Waals surface area contributed by atoms with Crippen LogP contribution in [0, 0.1) is 5.92 Å². The van der Waals surface area contributed by atoms with E-state index in [1.165, 1.54) is 32.2 Å². The fourth-order valence-corrected chi connectivity index (χ4v) is 3.21. The van der Waals surface area contributed by atoms with Crippen LogP contribution in [-0.2, 0) is 4.79 Å². The molecule has 1 saturated heterocycles. The summed E-state index contributed by atoms with van der Waals surface area (Å²) in [7, 11) is 1.79. The average Bonchev–Trinajstić information content (AvgIpc) is 3.42. The quantitative estimate of drug-likeness (QED) is 0.227. The fourth-order valence-electron chi connectivity index (χ4n) is 3.21. The molecule has 0 aromatic heterocycles. The van der Waals surface area contributed by atoms with Crippen molar-refractivity contribution in [1.29, 1.82) is 0 Å². The average molecular weight is 451 g/mol. The Labute approximate surface area is 163 Å². The van der Waals surface area contributed by atoms with E-state index in [1.54, 1.807) is 7.05 Å². The van der Waals surface area contributed by atoms with Crippen LogP contribution in [0.2, 0.25) is 0 Å². The SMILES string of the molecule is CCC1CCCCN1CCNC(=NC)NCCNC(=O)C1CC1.I. The highest BCUT2D eigenvalue weighted by molar-refractivity contribution is 14.0. The van der Waals surface area contributed by atoms with Crippen molar-refractivity contribution in [2.45, 2.75) is 51.5 Å². The second-order valence-corrected chi connectivity index (χ2v) is 6.58. The second-order valence-electron chi connectivity index (χ2n) is 6.58. The van der Waals surface area contributed by atoms with E-state index in [4.69, 9.17) is 0 Å². The van der Waals surface area contributed by atoms with Crippen molar-refractivity contribution in [2.75, 3.05) is 39.8 Å². The van der Waals surface area contributed by atoms with Crippen LogP contribution in [0.5, 0.6) is 0 Å². The molecule has 24 heavy (non-hydrogen) atoms. The minimum absolute atomic E-state index is 0. The summed E-state index contributed by atoms with van der Waals surface area (Å²) in [6.45, 7) is 6.84. The Morgan fingerprint density at radius 2 is 1.79 bits per heavy atom. The normalized spacial score (nSPS) is 21.8. The third-order valence-corrected chi connectivity index (χ3v) is 4.80. The van der Waals surface area contributed by atoms with Crippen molar-refractivity contribution in [2.24, 2.45) is 10.9 Å². The van der Waals surface area contributed by atoms with Gasteiger partial charge in [-0.3, -0.25) is 14.7 Å². The Bertz CT molecular complexity index is 400. The number of piperidine rings is 1. The Balaban J connectivity index is 0.00000288. The van der Waals surface area contributed by atoms with Gasteiger partial charge < -0.3 is 16.0 Å². The maximum Gasteiger partial charge on any atom is 0.223 e. The molecule has 2 fully saturated rings. The first-order valence-electron chi connectivity index (χ1n) is 9.21. The lowest BCUT2D eigenvalue weighted by atomic mass is 10.0. The summed E-state index contributed by atoms with van der Waals surface area (Å²) in [6.07, 6.45) is 7.38. The lowest BCUT2D eigenvalue weighted by molar-refractivity contribution is -0.122. The molecule has 6 nitrogen and oxygen atoms in total. The van der Waals surface area contributed by atoms with Crippen molar-refractivity contribution in [3.8, 4) is 0 Å². The van der Waals surface area contributed by atoms with Gasteiger partial charge in [0.15, 0.2) is 5.96 Å². The van der Waals surface area contributed by atoms with E-state index < -0.39 is 0 Å². The number of carbonyl (C=O) groups excluding carboxylic acids is 1. The number of nitrogens with one attached hydrogen (secondary N) is 3. The maximum absolute atomic E-state index is 11.5. The maximum atomic E-state index is 11.5. The molecule has 7 heteroatoms. The largest absolute Gasteiger partial charge is 0.355 e. The first kappa shape index (κ1) is 21.5. The van der Waals surface area contributed by atoms with E-state index in [9.17, 15) is 4.79 Å². The van der Waals surface area contributed by atoms with Gasteiger partial charge in [0.05, 0.1) is 0 Å². The number of nitrogens with zero attached hydrogens (tertiary/aromatic N) is 2. The number of aliphatic imine (C=N–C) groups is 1. The van der Waals surface area contributed by atoms with Gasteiger partial charge in [-0.2, -0.15) is 0 Å². The molecule has 0 bridgehead atoms. The number of likely N-dealkylation sites (tertiary alicyclic amines) is 1. The van der Waals surface area contributed by atoms with E-state index in [1.807, 2.05) is 0 Å². The summed E-state index contributed by atoms with van der Waals surface area (Å²) < 4.78 is 0. The van der Waals surface area contributed by atoms with Gasteiger partial charge in [-0.1, -0.05) is 13.3 Å². The van der Waals surface area contributed by atoms with Crippen LogP contribution in [0.1, 0.15) is 45.4 Å². The zero-order valence-corrected chi connectivity index (χ0v) is 17.5. The van der Waals surface area contributed by atoms with Crippen LogP contribution in [0.4, 0.5) is 0 Å². The van der Waals surface area contributed by atoms with E-state index in [0.29, 0.717) is 13.1 Å². The van der Waals surface area contributed by atoms with Gasteiger partial charge in [-0.15, -0.1) is 24.0 Å². The monoisotopic (exact) mass is 451 g/mol. The van der Waals surface area contributed by atoms with E-state index >= 15 is 0 Å². The van der Waals surface area contributed by atoms with Gasteiger partial charge in [0.1, 0.15) is 0 Å². The van der Waals surface area contributed by atoms with Crippen molar-refractivity contribution >= 4 is 35.8 Å².